The summed E-state index contributed by atoms with van der Waals surface area (Å²) in [5.41, 5.74) is 3.67. The first kappa shape index (κ1) is 20.2. The lowest BCUT2D eigenvalue weighted by Crippen LogP contribution is -2.20. The average Bonchev–Trinajstić information content (AvgIpc) is 3.23. The number of nitrogens with one attached hydrogen (secondary N) is 2. The lowest BCUT2D eigenvalue weighted by molar-refractivity contribution is -0.116. The number of fused-ring (bicyclic) bond motifs is 1. The SMILES string of the molecule is CCOc1cc2c(cc1NC(=O)Cn1c(-c3cccc(C)c3)n[nH]c1=S)O[C@H](C)C2. The lowest BCUT2D eigenvalue weighted by atomic mass is 10.1. The van der Waals surface area contributed by atoms with Gasteiger partial charge in [-0.1, -0.05) is 23.8 Å². The van der Waals surface area contributed by atoms with Crippen molar-refractivity contribution >= 4 is 23.8 Å². The van der Waals surface area contributed by atoms with Gasteiger partial charge in [0.15, 0.2) is 10.6 Å². The van der Waals surface area contributed by atoms with Crippen LogP contribution in [0.4, 0.5) is 5.69 Å². The standard InChI is InChI=1S/C22H24N4O3S/c1-4-28-19-10-16-9-14(3)29-18(16)11-17(19)23-20(27)12-26-21(24-25-22(26)30)15-7-5-6-13(2)8-15/h5-8,10-11,14H,4,9,12H2,1-3H3,(H,23,27)(H,25,30)/t14-/m1/s1. The van der Waals surface area contributed by atoms with Crippen LogP contribution >= 0.6 is 12.2 Å². The minimum Gasteiger partial charge on any atom is -0.492 e. The van der Waals surface area contributed by atoms with Crippen LogP contribution in [-0.2, 0) is 17.8 Å². The summed E-state index contributed by atoms with van der Waals surface area (Å²) in [4.78, 5) is 12.9. The first-order valence-corrected chi connectivity index (χ1v) is 10.3. The Morgan fingerprint density at radius 1 is 1.40 bits per heavy atom. The maximum absolute atomic E-state index is 12.9. The number of carbonyl (C=O) groups excluding carboxylic acids is 1. The van der Waals surface area contributed by atoms with E-state index in [9.17, 15) is 4.79 Å². The molecule has 30 heavy (non-hydrogen) atoms. The number of aromatic nitrogens is 3. The van der Waals surface area contributed by atoms with E-state index in [0.717, 1.165) is 28.9 Å². The number of H-pyrrole nitrogens is 1. The van der Waals surface area contributed by atoms with Crippen LogP contribution < -0.4 is 14.8 Å². The molecule has 8 heteroatoms. The topological polar surface area (TPSA) is 81.2 Å². The second-order valence-electron chi connectivity index (χ2n) is 7.38. The fraction of sp³-hybridized carbons (Fsp3) is 0.318. The number of rotatable bonds is 6. The molecule has 7 nitrogen and oxygen atoms in total. The molecule has 0 unspecified atom stereocenters. The van der Waals surface area contributed by atoms with Gasteiger partial charge in [-0.05, 0) is 45.1 Å². The van der Waals surface area contributed by atoms with Gasteiger partial charge in [0.1, 0.15) is 24.1 Å². The molecule has 0 bridgehead atoms. The van der Waals surface area contributed by atoms with Gasteiger partial charge in [0.05, 0.1) is 12.3 Å². The van der Waals surface area contributed by atoms with Crippen molar-refractivity contribution in [2.75, 3.05) is 11.9 Å². The van der Waals surface area contributed by atoms with Crippen molar-refractivity contribution in [2.24, 2.45) is 0 Å². The van der Waals surface area contributed by atoms with Crippen molar-refractivity contribution in [1.29, 1.82) is 0 Å². The summed E-state index contributed by atoms with van der Waals surface area (Å²) in [5, 5.41) is 10.0. The number of hydrogen-bond donors (Lipinski definition) is 2. The van der Waals surface area contributed by atoms with Crippen LogP contribution in [0.1, 0.15) is 25.0 Å². The van der Waals surface area contributed by atoms with Gasteiger partial charge in [0, 0.05) is 23.6 Å². The van der Waals surface area contributed by atoms with Crippen LogP contribution in [0.5, 0.6) is 11.5 Å². The molecule has 0 radical (unpaired) electrons. The molecule has 2 heterocycles. The Hall–Kier alpha value is -3.13. The van der Waals surface area contributed by atoms with Crippen LogP contribution in [0.25, 0.3) is 11.4 Å². The van der Waals surface area contributed by atoms with Gasteiger partial charge in [-0.15, -0.1) is 0 Å². The summed E-state index contributed by atoms with van der Waals surface area (Å²) in [6.07, 6.45) is 0.940. The molecule has 0 fully saturated rings. The summed E-state index contributed by atoms with van der Waals surface area (Å²) >= 11 is 5.35. The third-order valence-electron chi connectivity index (χ3n) is 4.91. The third-order valence-corrected chi connectivity index (χ3v) is 5.22. The van der Waals surface area contributed by atoms with Crippen LogP contribution in [0.2, 0.25) is 0 Å². The Balaban J connectivity index is 1.59. The van der Waals surface area contributed by atoms with E-state index in [-0.39, 0.29) is 18.6 Å². The third kappa shape index (κ3) is 4.09. The smallest absolute Gasteiger partial charge is 0.244 e. The molecule has 2 N–H and O–H groups in total. The molecule has 1 aliphatic rings. The Morgan fingerprint density at radius 2 is 2.23 bits per heavy atom. The molecule has 2 aromatic carbocycles. The van der Waals surface area contributed by atoms with Crippen LogP contribution in [0.15, 0.2) is 36.4 Å². The molecule has 0 spiro atoms. The predicted octanol–water partition coefficient (Wildman–Crippen LogP) is 4.28. The average molecular weight is 425 g/mol. The maximum atomic E-state index is 12.9. The van der Waals surface area contributed by atoms with Gasteiger partial charge in [-0.2, -0.15) is 5.10 Å². The zero-order chi connectivity index (χ0) is 21.3. The Labute approximate surface area is 180 Å². The fourth-order valence-corrected chi connectivity index (χ4v) is 3.81. The number of aromatic amines is 1. The number of amides is 1. The first-order valence-electron chi connectivity index (χ1n) is 9.93. The van der Waals surface area contributed by atoms with Crippen molar-refractivity contribution in [2.45, 2.75) is 39.8 Å². The second-order valence-corrected chi connectivity index (χ2v) is 7.76. The largest absolute Gasteiger partial charge is 0.492 e. The van der Waals surface area contributed by atoms with Gasteiger partial charge in [0.25, 0.3) is 0 Å². The van der Waals surface area contributed by atoms with E-state index in [1.54, 1.807) is 4.57 Å². The lowest BCUT2D eigenvalue weighted by Gasteiger charge is -2.14. The van der Waals surface area contributed by atoms with E-state index in [0.29, 0.717) is 28.6 Å². The van der Waals surface area contributed by atoms with E-state index >= 15 is 0 Å². The molecule has 156 valence electrons. The van der Waals surface area contributed by atoms with Crippen LogP contribution in [0.3, 0.4) is 0 Å². The van der Waals surface area contributed by atoms with Gasteiger partial charge < -0.3 is 14.8 Å². The van der Waals surface area contributed by atoms with Gasteiger partial charge >= 0.3 is 0 Å². The quantitative estimate of drug-likeness (QED) is 0.578. The van der Waals surface area contributed by atoms with E-state index in [1.165, 1.54) is 0 Å². The highest BCUT2D eigenvalue weighted by molar-refractivity contribution is 7.71. The number of ether oxygens (including phenoxy) is 2. The molecule has 1 amide bonds. The summed E-state index contributed by atoms with van der Waals surface area (Å²) in [6, 6.07) is 11.7. The van der Waals surface area contributed by atoms with Crippen molar-refractivity contribution in [1.82, 2.24) is 14.8 Å². The number of carbonyl (C=O) groups is 1. The summed E-state index contributed by atoms with van der Waals surface area (Å²) < 4.78 is 13.7. The molecular weight excluding hydrogens is 400 g/mol. The molecule has 4 rings (SSSR count). The van der Waals surface area contributed by atoms with Crippen molar-refractivity contribution in [3.8, 4) is 22.9 Å². The maximum Gasteiger partial charge on any atom is 0.244 e. The monoisotopic (exact) mass is 424 g/mol. The highest BCUT2D eigenvalue weighted by atomic mass is 32.1. The Morgan fingerprint density at radius 3 is 3.00 bits per heavy atom. The number of hydrogen-bond acceptors (Lipinski definition) is 5. The number of nitrogens with zero attached hydrogens (tertiary/aromatic N) is 2. The summed E-state index contributed by atoms with van der Waals surface area (Å²) in [6.45, 7) is 6.47. The molecule has 0 saturated carbocycles. The second kappa shape index (κ2) is 8.31. The summed E-state index contributed by atoms with van der Waals surface area (Å²) in [7, 11) is 0. The van der Waals surface area contributed by atoms with E-state index in [1.807, 2.05) is 57.2 Å². The Bertz CT molecular complexity index is 1150. The van der Waals surface area contributed by atoms with Crippen molar-refractivity contribution in [3.05, 3.63) is 52.3 Å². The summed E-state index contributed by atoms with van der Waals surface area (Å²) in [5.74, 6) is 1.81. The number of benzene rings is 2. The Kier molecular flexibility index (Phi) is 5.59. The van der Waals surface area contributed by atoms with Crippen molar-refractivity contribution in [3.63, 3.8) is 0 Å². The zero-order valence-corrected chi connectivity index (χ0v) is 18.0. The minimum absolute atomic E-state index is 0.0263. The number of anilines is 1. The minimum atomic E-state index is -0.228. The van der Waals surface area contributed by atoms with E-state index < -0.39 is 0 Å². The van der Waals surface area contributed by atoms with Gasteiger partial charge in [-0.25, -0.2) is 0 Å². The van der Waals surface area contributed by atoms with Crippen molar-refractivity contribution < 1.29 is 14.3 Å². The van der Waals surface area contributed by atoms with Crippen LogP contribution in [0, 0.1) is 11.7 Å². The molecule has 0 aliphatic carbocycles. The normalized spacial score (nSPS) is 14.8. The first-order chi connectivity index (χ1) is 14.4. The molecule has 1 atom stereocenters. The molecule has 1 aliphatic heterocycles. The van der Waals surface area contributed by atoms with Crippen LogP contribution in [-0.4, -0.2) is 33.4 Å². The fourth-order valence-electron chi connectivity index (χ4n) is 3.61. The van der Waals surface area contributed by atoms with E-state index in [4.69, 9.17) is 21.7 Å². The highest BCUT2D eigenvalue weighted by Crippen LogP contribution is 2.38. The highest BCUT2D eigenvalue weighted by Gasteiger charge is 2.23. The van der Waals surface area contributed by atoms with Gasteiger partial charge in [-0.3, -0.25) is 14.5 Å². The zero-order valence-electron chi connectivity index (χ0n) is 17.2. The number of aryl methyl sites for hydroxylation is 1. The predicted molar refractivity (Wildman–Crippen MR) is 118 cm³/mol. The molecule has 0 saturated heterocycles. The van der Waals surface area contributed by atoms with E-state index in [2.05, 4.69) is 15.5 Å². The molecular formula is C22H24N4O3S. The molecule has 1 aromatic heterocycles. The molecule has 3 aromatic rings. The van der Waals surface area contributed by atoms with Gasteiger partial charge in [0.2, 0.25) is 5.91 Å².